The first-order valence-electron chi connectivity index (χ1n) is 3.09. The van der Waals surface area contributed by atoms with E-state index in [1.807, 2.05) is 0 Å². The monoisotopic (exact) mass is 213 g/mol. The molecule has 0 saturated carbocycles. The van der Waals surface area contributed by atoms with Crippen LogP contribution in [0.4, 0.5) is 18.9 Å². The number of hydrogen-bond donors (Lipinski definition) is 1. The average Bonchev–Trinajstić information content (AvgIpc) is 1.82. The van der Waals surface area contributed by atoms with Crippen molar-refractivity contribution in [3.63, 3.8) is 0 Å². The lowest BCUT2D eigenvalue weighted by Crippen LogP contribution is -2.17. The van der Waals surface area contributed by atoms with Gasteiger partial charge < -0.3 is 10.5 Å². The first kappa shape index (κ1) is 11.9. The third kappa shape index (κ3) is 4.47. The highest BCUT2D eigenvalue weighted by molar-refractivity contribution is 5.85. The Labute approximate surface area is 78.9 Å². The molecule has 74 valence electrons. The highest BCUT2D eigenvalue weighted by Crippen LogP contribution is 2.23. The summed E-state index contributed by atoms with van der Waals surface area (Å²) in [5, 5.41) is 0. The fourth-order valence-corrected chi connectivity index (χ4v) is 0.712. The van der Waals surface area contributed by atoms with Crippen LogP contribution in [0.1, 0.15) is 0 Å². The Morgan fingerprint density at radius 3 is 2.31 bits per heavy atom. The molecule has 1 rings (SSSR count). The van der Waals surface area contributed by atoms with Crippen LogP contribution in [0.25, 0.3) is 0 Å². The highest BCUT2D eigenvalue weighted by Gasteiger charge is 2.30. The molecule has 0 aromatic heterocycles. The number of alkyl halides is 3. The molecule has 0 aliphatic heterocycles. The zero-order chi connectivity index (χ0) is 9.19. The van der Waals surface area contributed by atoms with Gasteiger partial charge in [0.05, 0.1) is 0 Å². The van der Waals surface area contributed by atoms with E-state index in [1.54, 1.807) is 0 Å². The molecule has 1 aromatic rings. The predicted octanol–water partition coefficient (Wildman–Crippen LogP) is 2.59. The normalized spacial score (nSPS) is 10.4. The first-order valence-corrected chi connectivity index (χ1v) is 3.09. The summed E-state index contributed by atoms with van der Waals surface area (Å²) >= 11 is 0. The maximum absolute atomic E-state index is 11.6. The summed E-state index contributed by atoms with van der Waals surface area (Å²) < 4.78 is 38.4. The Morgan fingerprint density at radius 2 is 1.85 bits per heavy atom. The van der Waals surface area contributed by atoms with Crippen LogP contribution >= 0.6 is 12.4 Å². The number of rotatable bonds is 1. The summed E-state index contributed by atoms with van der Waals surface area (Å²) in [6.07, 6.45) is -4.66. The van der Waals surface area contributed by atoms with Crippen LogP contribution in [0.15, 0.2) is 24.3 Å². The lowest BCUT2D eigenvalue weighted by atomic mass is 10.3. The van der Waals surface area contributed by atoms with Crippen molar-refractivity contribution in [3.8, 4) is 5.75 Å². The van der Waals surface area contributed by atoms with E-state index in [2.05, 4.69) is 4.74 Å². The minimum Gasteiger partial charge on any atom is -0.406 e. The van der Waals surface area contributed by atoms with Gasteiger partial charge in [-0.3, -0.25) is 0 Å². The third-order valence-corrected chi connectivity index (χ3v) is 1.09. The molecule has 0 spiro atoms. The van der Waals surface area contributed by atoms with Crippen molar-refractivity contribution in [2.45, 2.75) is 6.36 Å². The summed E-state index contributed by atoms with van der Waals surface area (Å²) in [5.41, 5.74) is 5.46. The number of anilines is 1. The van der Waals surface area contributed by atoms with Gasteiger partial charge in [0.15, 0.2) is 0 Å². The summed E-state index contributed by atoms with van der Waals surface area (Å²) in [7, 11) is 0. The highest BCUT2D eigenvalue weighted by atomic mass is 35.5. The minimum absolute atomic E-state index is 0. The van der Waals surface area contributed by atoms with E-state index in [9.17, 15) is 13.2 Å². The van der Waals surface area contributed by atoms with Gasteiger partial charge in [-0.05, 0) is 12.1 Å². The molecule has 0 saturated heterocycles. The maximum atomic E-state index is 11.6. The molecule has 0 aliphatic rings. The summed E-state index contributed by atoms with van der Waals surface area (Å²) in [4.78, 5) is 0. The van der Waals surface area contributed by atoms with Crippen LogP contribution in [-0.2, 0) is 0 Å². The molecule has 0 unspecified atom stereocenters. The van der Waals surface area contributed by atoms with Crippen LogP contribution in [0.5, 0.6) is 5.75 Å². The SMILES string of the molecule is Cl.Nc1cccc(OC(F)(F)F)c1. The second kappa shape index (κ2) is 4.23. The van der Waals surface area contributed by atoms with Crippen LogP contribution in [0, 0.1) is 0 Å². The topological polar surface area (TPSA) is 35.2 Å². The van der Waals surface area contributed by atoms with Crippen molar-refractivity contribution in [2.24, 2.45) is 0 Å². The van der Waals surface area contributed by atoms with E-state index >= 15 is 0 Å². The van der Waals surface area contributed by atoms with Crippen molar-refractivity contribution in [3.05, 3.63) is 24.3 Å². The molecule has 0 aliphatic carbocycles. The Kier molecular flexibility index (Phi) is 3.87. The van der Waals surface area contributed by atoms with Crippen molar-refractivity contribution >= 4 is 18.1 Å². The van der Waals surface area contributed by atoms with Crippen molar-refractivity contribution in [1.82, 2.24) is 0 Å². The molecule has 0 amide bonds. The van der Waals surface area contributed by atoms with Crippen molar-refractivity contribution < 1.29 is 17.9 Å². The van der Waals surface area contributed by atoms with E-state index in [0.717, 1.165) is 6.07 Å². The number of halogens is 4. The maximum Gasteiger partial charge on any atom is 0.573 e. The fourth-order valence-electron chi connectivity index (χ4n) is 0.712. The van der Waals surface area contributed by atoms with E-state index in [4.69, 9.17) is 5.73 Å². The van der Waals surface area contributed by atoms with E-state index in [-0.39, 0.29) is 23.8 Å². The zero-order valence-electron chi connectivity index (χ0n) is 6.34. The Morgan fingerprint density at radius 1 is 1.23 bits per heavy atom. The molecular formula is C7H7ClF3NO. The standard InChI is InChI=1S/C7H6F3NO.ClH/c8-7(9,10)12-6-3-1-2-5(11)4-6;/h1-4H,11H2;1H. The summed E-state index contributed by atoms with van der Waals surface area (Å²) in [6.45, 7) is 0. The lowest BCUT2D eigenvalue weighted by molar-refractivity contribution is -0.274. The Hall–Kier alpha value is -1.10. The van der Waals surface area contributed by atoms with Gasteiger partial charge in [-0.1, -0.05) is 6.07 Å². The van der Waals surface area contributed by atoms with Gasteiger partial charge >= 0.3 is 6.36 Å². The number of ether oxygens (including phenoxy) is 1. The van der Waals surface area contributed by atoms with Gasteiger partial charge in [0.1, 0.15) is 5.75 Å². The number of nitrogen functional groups attached to an aromatic ring is 1. The molecule has 1 aromatic carbocycles. The molecule has 2 N–H and O–H groups in total. The van der Waals surface area contributed by atoms with Crippen LogP contribution in [-0.4, -0.2) is 6.36 Å². The van der Waals surface area contributed by atoms with Gasteiger partial charge in [-0.25, -0.2) is 0 Å². The van der Waals surface area contributed by atoms with Crippen molar-refractivity contribution in [2.75, 3.05) is 5.73 Å². The molecule has 13 heavy (non-hydrogen) atoms. The van der Waals surface area contributed by atoms with E-state index in [1.165, 1.54) is 18.2 Å². The molecule has 2 nitrogen and oxygen atoms in total. The van der Waals surface area contributed by atoms with Gasteiger partial charge in [0, 0.05) is 11.8 Å². The molecule has 0 fully saturated rings. The van der Waals surface area contributed by atoms with Gasteiger partial charge in [-0.2, -0.15) is 0 Å². The summed E-state index contributed by atoms with van der Waals surface area (Å²) in [5.74, 6) is -0.303. The van der Waals surface area contributed by atoms with E-state index in [0.29, 0.717) is 0 Å². The number of hydrogen-bond acceptors (Lipinski definition) is 2. The lowest BCUT2D eigenvalue weighted by Gasteiger charge is -2.08. The average molecular weight is 214 g/mol. The van der Waals surface area contributed by atoms with E-state index < -0.39 is 6.36 Å². The number of benzene rings is 1. The quantitative estimate of drug-likeness (QED) is 0.728. The smallest absolute Gasteiger partial charge is 0.406 e. The zero-order valence-corrected chi connectivity index (χ0v) is 7.15. The third-order valence-electron chi connectivity index (χ3n) is 1.09. The summed E-state index contributed by atoms with van der Waals surface area (Å²) in [6, 6.07) is 5.15. The minimum atomic E-state index is -4.66. The Balaban J connectivity index is 0.00000144. The van der Waals surface area contributed by atoms with Crippen LogP contribution in [0.2, 0.25) is 0 Å². The van der Waals surface area contributed by atoms with Crippen molar-refractivity contribution in [1.29, 1.82) is 0 Å². The molecule has 6 heteroatoms. The fraction of sp³-hybridized carbons (Fsp3) is 0.143. The second-order valence-corrected chi connectivity index (χ2v) is 2.12. The molecule has 0 bridgehead atoms. The number of nitrogens with two attached hydrogens (primary N) is 1. The molecule has 0 heterocycles. The first-order chi connectivity index (χ1) is 5.47. The largest absolute Gasteiger partial charge is 0.573 e. The second-order valence-electron chi connectivity index (χ2n) is 2.12. The molecular weight excluding hydrogens is 207 g/mol. The van der Waals surface area contributed by atoms with Gasteiger partial charge in [0.2, 0.25) is 0 Å². The predicted molar refractivity (Wildman–Crippen MR) is 44.8 cm³/mol. The van der Waals surface area contributed by atoms with Crippen LogP contribution < -0.4 is 10.5 Å². The molecule has 0 atom stereocenters. The van der Waals surface area contributed by atoms with Crippen LogP contribution in [0.3, 0.4) is 0 Å². The van der Waals surface area contributed by atoms with Gasteiger partial charge in [-0.15, -0.1) is 25.6 Å². The Bertz CT molecular complexity index is 277. The van der Waals surface area contributed by atoms with Gasteiger partial charge in [0.25, 0.3) is 0 Å². The molecule has 0 radical (unpaired) electrons.